The lowest BCUT2D eigenvalue weighted by Gasteiger charge is -2.21. The average Bonchev–Trinajstić information content (AvgIpc) is 2.43. The molecule has 0 aliphatic rings. The summed E-state index contributed by atoms with van der Waals surface area (Å²) in [6.45, 7) is 2.56. The number of anilines is 1. The minimum Gasteiger partial charge on any atom is -0.481 e. The van der Waals surface area contributed by atoms with E-state index in [0.29, 0.717) is 6.54 Å². The van der Waals surface area contributed by atoms with E-state index >= 15 is 0 Å². The molecular formula is C15H18N2O2. The minimum atomic E-state index is -0.777. The zero-order valence-corrected chi connectivity index (χ0v) is 11.3. The highest BCUT2D eigenvalue weighted by Crippen LogP contribution is 2.26. The van der Waals surface area contributed by atoms with Gasteiger partial charge in [0, 0.05) is 30.4 Å². The Morgan fingerprint density at radius 3 is 2.79 bits per heavy atom. The summed E-state index contributed by atoms with van der Waals surface area (Å²) in [5.41, 5.74) is 3.03. The van der Waals surface area contributed by atoms with Crippen LogP contribution >= 0.6 is 0 Å². The minimum absolute atomic E-state index is 0.134. The molecule has 4 nitrogen and oxygen atoms in total. The molecule has 0 fully saturated rings. The normalized spacial score (nSPS) is 10.6. The Hall–Kier alpha value is -2.10. The van der Waals surface area contributed by atoms with Gasteiger partial charge in [-0.25, -0.2) is 0 Å². The predicted molar refractivity (Wildman–Crippen MR) is 76.6 cm³/mol. The highest BCUT2D eigenvalue weighted by Gasteiger charge is 2.10. The summed E-state index contributed by atoms with van der Waals surface area (Å²) in [6.07, 6.45) is 0.999. The predicted octanol–water partition coefficient (Wildman–Crippen LogP) is 2.71. The van der Waals surface area contributed by atoms with Gasteiger partial charge in [0.05, 0.1) is 11.9 Å². The highest BCUT2D eigenvalue weighted by molar-refractivity contribution is 5.92. The first-order valence-electron chi connectivity index (χ1n) is 6.43. The zero-order valence-electron chi connectivity index (χ0n) is 11.3. The number of nitrogens with zero attached hydrogens (tertiary/aromatic N) is 2. The first-order valence-corrected chi connectivity index (χ1v) is 6.43. The maximum atomic E-state index is 10.7. The molecule has 1 heterocycles. The number of aryl methyl sites for hydroxylation is 1. The number of carboxylic acids is 1. The Bertz CT molecular complexity index is 596. The van der Waals surface area contributed by atoms with Gasteiger partial charge < -0.3 is 10.0 Å². The van der Waals surface area contributed by atoms with E-state index in [4.69, 9.17) is 5.11 Å². The van der Waals surface area contributed by atoms with E-state index in [2.05, 4.69) is 11.9 Å². The van der Waals surface area contributed by atoms with Gasteiger partial charge in [0.15, 0.2) is 0 Å². The van der Waals surface area contributed by atoms with Gasteiger partial charge in [-0.05, 0) is 18.6 Å². The van der Waals surface area contributed by atoms with E-state index in [1.165, 1.54) is 0 Å². The number of aliphatic carboxylic acids is 1. The summed E-state index contributed by atoms with van der Waals surface area (Å²) in [7, 11) is 1.92. The van der Waals surface area contributed by atoms with Gasteiger partial charge in [-0.15, -0.1) is 0 Å². The maximum absolute atomic E-state index is 10.7. The van der Waals surface area contributed by atoms with Crippen molar-refractivity contribution in [3.05, 3.63) is 36.0 Å². The molecule has 0 saturated heterocycles. The number of hydrogen-bond donors (Lipinski definition) is 1. The van der Waals surface area contributed by atoms with E-state index in [0.717, 1.165) is 28.7 Å². The lowest BCUT2D eigenvalue weighted by atomic mass is 10.1. The van der Waals surface area contributed by atoms with Crippen molar-refractivity contribution in [2.75, 3.05) is 18.5 Å². The van der Waals surface area contributed by atoms with Crippen molar-refractivity contribution in [2.24, 2.45) is 0 Å². The number of pyridine rings is 1. The summed E-state index contributed by atoms with van der Waals surface area (Å²) in [6, 6.07) is 10.0. The number of carboxylic acid groups (broad SMARTS) is 1. The van der Waals surface area contributed by atoms with Crippen LogP contribution in [-0.2, 0) is 11.2 Å². The molecule has 2 aromatic rings. The molecule has 4 heteroatoms. The molecular weight excluding hydrogens is 240 g/mol. The van der Waals surface area contributed by atoms with Crippen LogP contribution in [0.1, 0.15) is 19.0 Å². The second-order valence-corrected chi connectivity index (χ2v) is 4.57. The van der Waals surface area contributed by atoms with Crippen LogP contribution in [-0.4, -0.2) is 29.7 Å². The van der Waals surface area contributed by atoms with Crippen molar-refractivity contribution >= 4 is 22.6 Å². The number of carbonyl (C=O) groups is 1. The Kier molecular flexibility index (Phi) is 4.00. The second kappa shape index (κ2) is 5.69. The Labute approximate surface area is 112 Å². The Balaban J connectivity index is 2.42. The van der Waals surface area contributed by atoms with Gasteiger partial charge >= 0.3 is 5.97 Å². The molecule has 0 unspecified atom stereocenters. The molecule has 1 N–H and O–H groups in total. The molecule has 0 saturated carbocycles. The monoisotopic (exact) mass is 258 g/mol. The van der Waals surface area contributed by atoms with Crippen LogP contribution < -0.4 is 4.90 Å². The fraction of sp³-hybridized carbons (Fsp3) is 0.333. The molecule has 19 heavy (non-hydrogen) atoms. The number of fused-ring (bicyclic) bond motifs is 1. The second-order valence-electron chi connectivity index (χ2n) is 4.57. The first-order chi connectivity index (χ1) is 9.11. The lowest BCUT2D eigenvalue weighted by molar-refractivity contribution is -0.136. The van der Waals surface area contributed by atoms with Crippen molar-refractivity contribution in [1.29, 1.82) is 0 Å². The molecule has 0 aliphatic carbocycles. The maximum Gasteiger partial charge on any atom is 0.305 e. The highest BCUT2D eigenvalue weighted by atomic mass is 16.4. The molecule has 0 amide bonds. The van der Waals surface area contributed by atoms with E-state index in [1.54, 1.807) is 0 Å². The van der Waals surface area contributed by atoms with E-state index in [9.17, 15) is 4.79 Å². The van der Waals surface area contributed by atoms with Gasteiger partial charge in [-0.3, -0.25) is 9.78 Å². The summed E-state index contributed by atoms with van der Waals surface area (Å²) < 4.78 is 0. The van der Waals surface area contributed by atoms with Crippen molar-refractivity contribution in [1.82, 2.24) is 4.98 Å². The molecule has 0 aliphatic heterocycles. The van der Waals surface area contributed by atoms with Crippen molar-refractivity contribution in [3.8, 4) is 0 Å². The van der Waals surface area contributed by atoms with Crippen LogP contribution in [0, 0.1) is 0 Å². The van der Waals surface area contributed by atoms with Crippen LogP contribution in [0.25, 0.3) is 10.9 Å². The van der Waals surface area contributed by atoms with E-state index < -0.39 is 5.97 Å². The molecule has 0 bridgehead atoms. The molecule has 0 atom stereocenters. The van der Waals surface area contributed by atoms with Crippen molar-refractivity contribution < 1.29 is 9.90 Å². The van der Waals surface area contributed by atoms with Crippen molar-refractivity contribution in [3.63, 3.8) is 0 Å². The van der Waals surface area contributed by atoms with Crippen LogP contribution in [0.2, 0.25) is 0 Å². The summed E-state index contributed by atoms with van der Waals surface area (Å²) >= 11 is 0. The molecule has 100 valence electrons. The largest absolute Gasteiger partial charge is 0.481 e. The Morgan fingerprint density at radius 1 is 1.37 bits per heavy atom. The third-order valence-corrected chi connectivity index (χ3v) is 3.18. The SMILES string of the molecule is CCc1cc(N(C)CCC(=O)O)c2ccccc2n1. The van der Waals surface area contributed by atoms with Crippen LogP contribution in [0.3, 0.4) is 0 Å². The average molecular weight is 258 g/mol. The topological polar surface area (TPSA) is 53.4 Å². The van der Waals surface area contributed by atoms with Crippen LogP contribution in [0.5, 0.6) is 0 Å². The molecule has 2 rings (SSSR count). The zero-order chi connectivity index (χ0) is 13.8. The number of rotatable bonds is 5. The van der Waals surface area contributed by atoms with Crippen LogP contribution in [0.15, 0.2) is 30.3 Å². The Morgan fingerprint density at radius 2 is 2.11 bits per heavy atom. The molecule has 1 aromatic carbocycles. The molecule has 0 radical (unpaired) electrons. The number of benzene rings is 1. The van der Waals surface area contributed by atoms with Crippen LogP contribution in [0.4, 0.5) is 5.69 Å². The lowest BCUT2D eigenvalue weighted by Crippen LogP contribution is -2.21. The van der Waals surface area contributed by atoms with E-state index in [1.807, 2.05) is 42.3 Å². The summed E-state index contributed by atoms with van der Waals surface area (Å²) in [5.74, 6) is -0.777. The van der Waals surface area contributed by atoms with Gasteiger partial charge in [-0.1, -0.05) is 25.1 Å². The fourth-order valence-electron chi connectivity index (χ4n) is 2.09. The van der Waals surface area contributed by atoms with Crippen molar-refractivity contribution in [2.45, 2.75) is 19.8 Å². The number of aromatic nitrogens is 1. The fourth-order valence-corrected chi connectivity index (χ4v) is 2.09. The third-order valence-electron chi connectivity index (χ3n) is 3.18. The quantitative estimate of drug-likeness (QED) is 0.896. The standard InChI is InChI=1S/C15H18N2O2/c1-3-11-10-14(17(2)9-8-15(18)19)12-6-4-5-7-13(12)16-11/h4-7,10H,3,8-9H2,1-2H3,(H,18,19). The number of hydrogen-bond acceptors (Lipinski definition) is 3. The van der Waals surface area contributed by atoms with Gasteiger partial charge in [0.25, 0.3) is 0 Å². The number of para-hydroxylation sites is 1. The van der Waals surface area contributed by atoms with E-state index in [-0.39, 0.29) is 6.42 Å². The van der Waals surface area contributed by atoms with Gasteiger partial charge in [-0.2, -0.15) is 0 Å². The first kappa shape index (κ1) is 13.3. The van der Waals surface area contributed by atoms with Gasteiger partial charge in [0.2, 0.25) is 0 Å². The molecule has 0 spiro atoms. The summed E-state index contributed by atoms with van der Waals surface area (Å²) in [5, 5.41) is 9.85. The van der Waals surface area contributed by atoms with Gasteiger partial charge in [0.1, 0.15) is 0 Å². The third kappa shape index (κ3) is 3.02. The molecule has 1 aromatic heterocycles. The smallest absolute Gasteiger partial charge is 0.305 e. The summed E-state index contributed by atoms with van der Waals surface area (Å²) in [4.78, 5) is 17.3.